The van der Waals surface area contributed by atoms with Crippen molar-refractivity contribution in [3.8, 4) is 10.6 Å². The zero-order valence-corrected chi connectivity index (χ0v) is 11.1. The van der Waals surface area contributed by atoms with Crippen molar-refractivity contribution in [2.75, 3.05) is 5.32 Å². The van der Waals surface area contributed by atoms with Crippen LogP contribution in [-0.4, -0.2) is 11.0 Å². The number of nitrogens with zero attached hydrogens (tertiary/aromatic N) is 1. The summed E-state index contributed by atoms with van der Waals surface area (Å²) >= 11 is 1.67. The van der Waals surface area contributed by atoms with E-state index in [0.717, 1.165) is 17.8 Å². The zero-order chi connectivity index (χ0) is 12.1. The normalized spacial score (nSPS) is 10.8. The van der Waals surface area contributed by atoms with Crippen LogP contribution in [0.4, 0.5) is 5.69 Å². The molecule has 3 heteroatoms. The molecule has 0 saturated carbocycles. The van der Waals surface area contributed by atoms with Gasteiger partial charge in [0.15, 0.2) is 0 Å². The minimum absolute atomic E-state index is 0.570. The van der Waals surface area contributed by atoms with Crippen LogP contribution in [0.5, 0.6) is 0 Å². The third kappa shape index (κ3) is 3.07. The lowest BCUT2D eigenvalue weighted by molar-refractivity contribution is 0.672. The SMILES string of the molecule is CCC(CC)Nc1ccc(-c2nccs2)cc1. The first kappa shape index (κ1) is 12.1. The second kappa shape index (κ2) is 5.82. The standard InChI is InChI=1S/C14H18N2S/c1-3-12(4-2)16-13-7-5-11(6-8-13)14-15-9-10-17-14/h5-10,12,16H,3-4H2,1-2H3. The first-order valence-corrected chi connectivity index (χ1v) is 6.98. The van der Waals surface area contributed by atoms with Crippen molar-refractivity contribution in [2.24, 2.45) is 0 Å². The zero-order valence-electron chi connectivity index (χ0n) is 10.3. The van der Waals surface area contributed by atoms with Gasteiger partial charge in [0.1, 0.15) is 5.01 Å². The molecule has 0 saturated heterocycles. The van der Waals surface area contributed by atoms with Gasteiger partial charge in [0, 0.05) is 28.9 Å². The summed E-state index contributed by atoms with van der Waals surface area (Å²) in [4.78, 5) is 4.31. The summed E-state index contributed by atoms with van der Waals surface area (Å²) in [5.41, 5.74) is 2.38. The Bertz CT molecular complexity index is 430. The van der Waals surface area contributed by atoms with Gasteiger partial charge in [-0.1, -0.05) is 13.8 Å². The molecule has 2 aromatic rings. The monoisotopic (exact) mass is 246 g/mol. The minimum atomic E-state index is 0.570. The van der Waals surface area contributed by atoms with Crippen LogP contribution in [0.1, 0.15) is 26.7 Å². The molecule has 1 N–H and O–H groups in total. The molecule has 0 bridgehead atoms. The molecule has 2 nitrogen and oxygen atoms in total. The first-order valence-electron chi connectivity index (χ1n) is 6.10. The molecule has 1 heterocycles. The number of rotatable bonds is 5. The van der Waals surface area contributed by atoms with Crippen LogP contribution < -0.4 is 5.32 Å². The number of anilines is 1. The highest BCUT2D eigenvalue weighted by molar-refractivity contribution is 7.13. The van der Waals surface area contributed by atoms with E-state index in [4.69, 9.17) is 0 Å². The largest absolute Gasteiger partial charge is 0.382 e. The third-order valence-corrected chi connectivity index (χ3v) is 3.74. The van der Waals surface area contributed by atoms with Gasteiger partial charge in [-0.2, -0.15) is 0 Å². The van der Waals surface area contributed by atoms with Crippen molar-refractivity contribution in [3.05, 3.63) is 35.8 Å². The highest BCUT2D eigenvalue weighted by Gasteiger charge is 2.04. The number of hydrogen-bond acceptors (Lipinski definition) is 3. The molecule has 0 atom stereocenters. The molecule has 0 fully saturated rings. The van der Waals surface area contributed by atoms with Crippen LogP contribution in [0, 0.1) is 0 Å². The molecule has 0 amide bonds. The summed E-state index contributed by atoms with van der Waals surface area (Å²) in [6.07, 6.45) is 4.16. The van der Waals surface area contributed by atoms with Crippen LogP contribution in [-0.2, 0) is 0 Å². The quantitative estimate of drug-likeness (QED) is 0.845. The summed E-state index contributed by atoms with van der Waals surface area (Å²) in [7, 11) is 0. The predicted molar refractivity (Wildman–Crippen MR) is 75.5 cm³/mol. The molecular weight excluding hydrogens is 228 g/mol. The summed E-state index contributed by atoms with van der Waals surface area (Å²) < 4.78 is 0. The van der Waals surface area contributed by atoms with E-state index < -0.39 is 0 Å². The molecule has 90 valence electrons. The minimum Gasteiger partial charge on any atom is -0.382 e. The van der Waals surface area contributed by atoms with Crippen molar-refractivity contribution in [3.63, 3.8) is 0 Å². The molecule has 0 unspecified atom stereocenters. The molecular formula is C14H18N2S. The van der Waals surface area contributed by atoms with Crippen molar-refractivity contribution in [1.82, 2.24) is 4.98 Å². The molecule has 1 aromatic carbocycles. The Kier molecular flexibility index (Phi) is 4.15. The van der Waals surface area contributed by atoms with Crippen molar-refractivity contribution in [2.45, 2.75) is 32.7 Å². The number of benzene rings is 1. The van der Waals surface area contributed by atoms with Crippen molar-refractivity contribution >= 4 is 17.0 Å². The lowest BCUT2D eigenvalue weighted by Crippen LogP contribution is -2.16. The Labute approximate surface area is 107 Å². The summed E-state index contributed by atoms with van der Waals surface area (Å²) in [5, 5.41) is 6.62. The number of thiazole rings is 1. The van der Waals surface area contributed by atoms with E-state index in [-0.39, 0.29) is 0 Å². The van der Waals surface area contributed by atoms with E-state index in [0.29, 0.717) is 6.04 Å². The van der Waals surface area contributed by atoms with E-state index in [1.165, 1.54) is 11.3 Å². The average molecular weight is 246 g/mol. The van der Waals surface area contributed by atoms with Gasteiger partial charge < -0.3 is 5.32 Å². The Morgan fingerprint density at radius 1 is 1.18 bits per heavy atom. The average Bonchev–Trinajstić information content (AvgIpc) is 2.90. The third-order valence-electron chi connectivity index (χ3n) is 2.92. The highest BCUT2D eigenvalue weighted by Crippen LogP contribution is 2.23. The molecule has 0 spiro atoms. The molecule has 1 aromatic heterocycles. The van der Waals surface area contributed by atoms with E-state index >= 15 is 0 Å². The van der Waals surface area contributed by atoms with Gasteiger partial charge in [0.2, 0.25) is 0 Å². The summed E-state index contributed by atoms with van der Waals surface area (Å²) in [5.74, 6) is 0. The van der Waals surface area contributed by atoms with Crippen LogP contribution >= 0.6 is 11.3 Å². The summed E-state index contributed by atoms with van der Waals surface area (Å²) in [6, 6.07) is 9.10. The molecule has 0 radical (unpaired) electrons. The lowest BCUT2D eigenvalue weighted by Gasteiger charge is -2.16. The number of aromatic nitrogens is 1. The Morgan fingerprint density at radius 3 is 2.41 bits per heavy atom. The maximum atomic E-state index is 4.31. The Balaban J connectivity index is 2.08. The molecule has 0 aliphatic rings. The maximum Gasteiger partial charge on any atom is 0.123 e. The van der Waals surface area contributed by atoms with Gasteiger partial charge in [-0.05, 0) is 37.1 Å². The van der Waals surface area contributed by atoms with Crippen LogP contribution in [0.25, 0.3) is 10.6 Å². The van der Waals surface area contributed by atoms with Gasteiger partial charge in [-0.25, -0.2) is 4.98 Å². The van der Waals surface area contributed by atoms with Gasteiger partial charge in [0.05, 0.1) is 0 Å². The molecule has 0 aliphatic heterocycles. The molecule has 17 heavy (non-hydrogen) atoms. The number of hydrogen-bond donors (Lipinski definition) is 1. The van der Waals surface area contributed by atoms with Gasteiger partial charge in [-0.3, -0.25) is 0 Å². The second-order valence-corrected chi connectivity index (χ2v) is 4.97. The van der Waals surface area contributed by atoms with E-state index in [9.17, 15) is 0 Å². The topological polar surface area (TPSA) is 24.9 Å². The lowest BCUT2D eigenvalue weighted by atomic mass is 10.1. The fourth-order valence-electron chi connectivity index (χ4n) is 1.80. The summed E-state index contributed by atoms with van der Waals surface area (Å²) in [6.45, 7) is 4.43. The predicted octanol–water partition coefficient (Wildman–Crippen LogP) is 4.41. The van der Waals surface area contributed by atoms with Crippen molar-refractivity contribution < 1.29 is 0 Å². The van der Waals surface area contributed by atoms with Crippen LogP contribution in [0.2, 0.25) is 0 Å². The highest BCUT2D eigenvalue weighted by atomic mass is 32.1. The first-order chi connectivity index (χ1) is 8.33. The maximum absolute atomic E-state index is 4.31. The molecule has 2 rings (SSSR count). The smallest absolute Gasteiger partial charge is 0.123 e. The fourth-order valence-corrected chi connectivity index (χ4v) is 2.45. The Morgan fingerprint density at radius 2 is 1.88 bits per heavy atom. The second-order valence-electron chi connectivity index (χ2n) is 4.07. The van der Waals surface area contributed by atoms with Crippen LogP contribution in [0.3, 0.4) is 0 Å². The van der Waals surface area contributed by atoms with E-state index in [2.05, 4.69) is 48.4 Å². The molecule has 0 aliphatic carbocycles. The van der Waals surface area contributed by atoms with Crippen LogP contribution in [0.15, 0.2) is 35.8 Å². The van der Waals surface area contributed by atoms with Crippen molar-refractivity contribution in [1.29, 1.82) is 0 Å². The van der Waals surface area contributed by atoms with E-state index in [1.807, 2.05) is 11.6 Å². The fraction of sp³-hybridized carbons (Fsp3) is 0.357. The van der Waals surface area contributed by atoms with Gasteiger partial charge >= 0.3 is 0 Å². The van der Waals surface area contributed by atoms with Gasteiger partial charge in [-0.15, -0.1) is 11.3 Å². The Hall–Kier alpha value is -1.35. The number of nitrogens with one attached hydrogen (secondary N) is 1. The van der Waals surface area contributed by atoms with E-state index in [1.54, 1.807) is 11.3 Å². The van der Waals surface area contributed by atoms with Gasteiger partial charge in [0.25, 0.3) is 0 Å².